The highest BCUT2D eigenvalue weighted by molar-refractivity contribution is 6.32. The molecular weight excluding hydrogens is 252 g/mol. The van der Waals surface area contributed by atoms with Crippen molar-refractivity contribution in [2.24, 2.45) is 0 Å². The molecule has 0 spiro atoms. The van der Waals surface area contributed by atoms with Crippen molar-refractivity contribution in [2.45, 2.75) is 0 Å². The minimum absolute atomic E-state index is 0.189. The predicted molar refractivity (Wildman–Crippen MR) is 72.1 cm³/mol. The smallest absolute Gasteiger partial charge is 0.352 e. The van der Waals surface area contributed by atoms with Crippen molar-refractivity contribution in [3.8, 4) is 5.69 Å². The molecule has 5 heteroatoms. The number of aromatic nitrogens is 1. The Hall–Kier alpha value is -1.94. The van der Waals surface area contributed by atoms with Crippen LogP contribution in [0.3, 0.4) is 0 Å². The van der Waals surface area contributed by atoms with Gasteiger partial charge in [0.05, 0.1) is 10.7 Å². The van der Waals surface area contributed by atoms with Crippen LogP contribution in [0.5, 0.6) is 0 Å². The van der Waals surface area contributed by atoms with E-state index in [1.54, 1.807) is 22.9 Å². The van der Waals surface area contributed by atoms with Crippen LogP contribution in [0.1, 0.15) is 10.5 Å². The first-order valence-electron chi connectivity index (χ1n) is 5.38. The summed E-state index contributed by atoms with van der Waals surface area (Å²) < 4.78 is 1.56. The quantitative estimate of drug-likeness (QED) is 0.927. The van der Waals surface area contributed by atoms with E-state index in [0.717, 1.165) is 5.69 Å². The largest absolute Gasteiger partial charge is 0.477 e. The number of carboxylic acids is 1. The lowest BCUT2D eigenvalue weighted by molar-refractivity contribution is 0.0688. The molecule has 18 heavy (non-hydrogen) atoms. The van der Waals surface area contributed by atoms with Crippen molar-refractivity contribution in [1.82, 2.24) is 4.57 Å². The molecule has 1 heterocycles. The Morgan fingerprint density at radius 2 is 2.06 bits per heavy atom. The fourth-order valence-corrected chi connectivity index (χ4v) is 2.00. The zero-order valence-electron chi connectivity index (χ0n) is 10.1. The van der Waals surface area contributed by atoms with E-state index in [9.17, 15) is 4.79 Å². The molecule has 1 aromatic carbocycles. The molecule has 2 aromatic rings. The Kier molecular flexibility index (Phi) is 3.30. The summed E-state index contributed by atoms with van der Waals surface area (Å²) >= 11 is 6.20. The maximum Gasteiger partial charge on any atom is 0.352 e. The van der Waals surface area contributed by atoms with Crippen LogP contribution in [0, 0.1) is 0 Å². The summed E-state index contributed by atoms with van der Waals surface area (Å²) in [6.07, 6.45) is 1.68. The van der Waals surface area contributed by atoms with Crippen LogP contribution in [-0.4, -0.2) is 29.7 Å². The Morgan fingerprint density at radius 3 is 2.61 bits per heavy atom. The van der Waals surface area contributed by atoms with E-state index in [0.29, 0.717) is 10.7 Å². The average Bonchev–Trinajstić information content (AvgIpc) is 2.77. The van der Waals surface area contributed by atoms with Crippen LogP contribution >= 0.6 is 11.6 Å². The highest BCUT2D eigenvalue weighted by Crippen LogP contribution is 2.26. The van der Waals surface area contributed by atoms with E-state index in [2.05, 4.69) is 0 Å². The van der Waals surface area contributed by atoms with Crippen LogP contribution in [0.25, 0.3) is 5.69 Å². The maximum absolute atomic E-state index is 11.1. The normalized spacial score (nSPS) is 10.4. The number of hydrogen-bond acceptors (Lipinski definition) is 2. The Balaban J connectivity index is 2.51. The molecule has 4 nitrogen and oxygen atoms in total. The molecule has 0 unspecified atom stereocenters. The number of nitrogens with zero attached hydrogens (tertiary/aromatic N) is 2. The fourth-order valence-electron chi connectivity index (χ4n) is 1.73. The molecule has 0 amide bonds. The topological polar surface area (TPSA) is 45.5 Å². The number of carboxylic acid groups (broad SMARTS) is 1. The van der Waals surface area contributed by atoms with Gasteiger partial charge in [-0.2, -0.15) is 0 Å². The van der Waals surface area contributed by atoms with E-state index >= 15 is 0 Å². The van der Waals surface area contributed by atoms with E-state index < -0.39 is 5.97 Å². The van der Waals surface area contributed by atoms with Gasteiger partial charge in [-0.15, -0.1) is 0 Å². The number of rotatable bonds is 3. The van der Waals surface area contributed by atoms with Crippen molar-refractivity contribution in [1.29, 1.82) is 0 Å². The molecule has 0 bridgehead atoms. The molecule has 2 rings (SSSR count). The summed E-state index contributed by atoms with van der Waals surface area (Å²) in [4.78, 5) is 13.0. The van der Waals surface area contributed by atoms with Gasteiger partial charge in [0.25, 0.3) is 0 Å². The van der Waals surface area contributed by atoms with Crippen molar-refractivity contribution < 1.29 is 9.90 Å². The monoisotopic (exact) mass is 264 g/mol. The van der Waals surface area contributed by atoms with Gasteiger partial charge >= 0.3 is 5.97 Å². The molecule has 0 saturated carbocycles. The third-order valence-electron chi connectivity index (χ3n) is 2.68. The number of carbonyl (C=O) groups is 1. The number of anilines is 1. The molecular formula is C13H13ClN2O2. The summed E-state index contributed by atoms with van der Waals surface area (Å²) in [6.45, 7) is 0. The number of hydrogen-bond donors (Lipinski definition) is 1. The number of aromatic carboxylic acids is 1. The van der Waals surface area contributed by atoms with Gasteiger partial charge in [-0.05, 0) is 30.3 Å². The summed E-state index contributed by atoms with van der Waals surface area (Å²) in [7, 11) is 3.84. The van der Waals surface area contributed by atoms with Gasteiger partial charge in [0.15, 0.2) is 0 Å². The van der Waals surface area contributed by atoms with Crippen LogP contribution in [0.2, 0.25) is 5.02 Å². The molecule has 0 atom stereocenters. The van der Waals surface area contributed by atoms with E-state index in [-0.39, 0.29) is 5.69 Å². The molecule has 0 radical (unpaired) electrons. The number of halogens is 1. The van der Waals surface area contributed by atoms with Crippen molar-refractivity contribution in [3.05, 3.63) is 47.2 Å². The van der Waals surface area contributed by atoms with Gasteiger partial charge in [-0.3, -0.25) is 0 Å². The Labute approximate surface area is 110 Å². The fraction of sp³-hybridized carbons (Fsp3) is 0.154. The van der Waals surface area contributed by atoms with Gasteiger partial charge < -0.3 is 14.6 Å². The lowest BCUT2D eigenvalue weighted by atomic mass is 10.2. The Bertz CT molecular complexity index is 590. The predicted octanol–water partition coefficient (Wildman–Crippen LogP) is 2.89. The second kappa shape index (κ2) is 4.74. The summed E-state index contributed by atoms with van der Waals surface area (Å²) in [6, 6.07) is 8.73. The van der Waals surface area contributed by atoms with Gasteiger partial charge in [-0.1, -0.05) is 11.6 Å². The third-order valence-corrected chi connectivity index (χ3v) is 2.98. The minimum Gasteiger partial charge on any atom is -0.477 e. The Morgan fingerprint density at radius 1 is 1.33 bits per heavy atom. The zero-order chi connectivity index (χ0) is 13.3. The van der Waals surface area contributed by atoms with E-state index in [1.807, 2.05) is 37.2 Å². The first-order valence-corrected chi connectivity index (χ1v) is 5.76. The van der Waals surface area contributed by atoms with Gasteiger partial charge in [0.2, 0.25) is 0 Å². The molecule has 0 fully saturated rings. The first kappa shape index (κ1) is 12.5. The maximum atomic E-state index is 11.1. The van der Waals surface area contributed by atoms with Gasteiger partial charge in [-0.25, -0.2) is 4.79 Å². The molecule has 1 aromatic heterocycles. The summed E-state index contributed by atoms with van der Waals surface area (Å²) in [5.74, 6) is -0.979. The second-order valence-corrected chi connectivity index (χ2v) is 4.51. The van der Waals surface area contributed by atoms with Gasteiger partial charge in [0.1, 0.15) is 5.69 Å². The first-order chi connectivity index (χ1) is 8.50. The van der Waals surface area contributed by atoms with Crippen LogP contribution < -0.4 is 4.90 Å². The molecule has 0 aliphatic rings. The molecule has 1 N–H and O–H groups in total. The lowest BCUT2D eigenvalue weighted by Gasteiger charge is -2.15. The highest BCUT2D eigenvalue weighted by atomic mass is 35.5. The molecule has 0 aliphatic heterocycles. The van der Waals surface area contributed by atoms with Crippen molar-refractivity contribution >= 4 is 23.3 Å². The summed E-state index contributed by atoms with van der Waals surface area (Å²) in [5, 5.41) is 9.59. The molecule has 94 valence electrons. The van der Waals surface area contributed by atoms with Crippen molar-refractivity contribution in [3.63, 3.8) is 0 Å². The highest BCUT2D eigenvalue weighted by Gasteiger charge is 2.12. The van der Waals surface area contributed by atoms with Crippen LogP contribution in [0.4, 0.5) is 5.69 Å². The SMILES string of the molecule is CN(C)c1ccc(-n2cccc2C(=O)O)c(Cl)c1. The number of benzene rings is 1. The van der Waals surface area contributed by atoms with E-state index in [4.69, 9.17) is 16.7 Å². The third kappa shape index (κ3) is 2.19. The van der Waals surface area contributed by atoms with E-state index in [1.165, 1.54) is 0 Å². The van der Waals surface area contributed by atoms with Gasteiger partial charge in [0, 0.05) is 26.0 Å². The standard InChI is InChI=1S/C13H13ClN2O2/c1-15(2)9-5-6-11(10(14)8-9)16-7-3-4-12(16)13(17)18/h3-8H,1-2H3,(H,17,18). The van der Waals surface area contributed by atoms with Crippen molar-refractivity contribution in [2.75, 3.05) is 19.0 Å². The molecule has 0 saturated heterocycles. The molecule has 0 aliphatic carbocycles. The van der Waals surface area contributed by atoms with Crippen LogP contribution in [-0.2, 0) is 0 Å². The summed E-state index contributed by atoms with van der Waals surface area (Å²) in [5.41, 5.74) is 1.81. The lowest BCUT2D eigenvalue weighted by Crippen LogP contribution is -2.10. The minimum atomic E-state index is -0.979. The average molecular weight is 265 g/mol. The second-order valence-electron chi connectivity index (χ2n) is 4.10. The zero-order valence-corrected chi connectivity index (χ0v) is 10.8. The van der Waals surface area contributed by atoms with Crippen LogP contribution in [0.15, 0.2) is 36.5 Å².